The highest BCUT2D eigenvalue weighted by molar-refractivity contribution is 5.30. The minimum absolute atomic E-state index is 0.0294. The first kappa shape index (κ1) is 11.5. The maximum atomic E-state index is 13.2. The highest BCUT2D eigenvalue weighted by Crippen LogP contribution is 2.30. The van der Waals surface area contributed by atoms with Gasteiger partial charge in [-0.2, -0.15) is 0 Å². The second kappa shape index (κ2) is 4.91. The summed E-state index contributed by atoms with van der Waals surface area (Å²) in [7, 11) is 0. The Kier molecular flexibility index (Phi) is 3.53. The SMILES string of the molecule is Cc1ccc(F)cc1C(NN)C1CCOC1. The third-order valence-corrected chi connectivity index (χ3v) is 3.19. The number of halogens is 1. The number of hydrazine groups is 1. The van der Waals surface area contributed by atoms with Crippen LogP contribution in [0.25, 0.3) is 0 Å². The number of hydrogen-bond acceptors (Lipinski definition) is 3. The second-order valence-corrected chi connectivity index (χ2v) is 4.27. The van der Waals surface area contributed by atoms with Crippen molar-refractivity contribution >= 4 is 0 Å². The Bertz CT molecular complexity index is 364. The molecule has 2 rings (SSSR count). The molecule has 1 aliphatic rings. The Morgan fingerprint density at radius 2 is 2.38 bits per heavy atom. The van der Waals surface area contributed by atoms with Crippen LogP contribution in [0.2, 0.25) is 0 Å². The van der Waals surface area contributed by atoms with Crippen molar-refractivity contribution in [1.29, 1.82) is 0 Å². The number of aryl methyl sites for hydroxylation is 1. The van der Waals surface area contributed by atoms with Crippen molar-refractivity contribution in [2.45, 2.75) is 19.4 Å². The Labute approximate surface area is 94.8 Å². The van der Waals surface area contributed by atoms with E-state index in [1.54, 1.807) is 12.1 Å². The van der Waals surface area contributed by atoms with Gasteiger partial charge in [-0.15, -0.1) is 0 Å². The van der Waals surface area contributed by atoms with Crippen molar-refractivity contribution in [3.63, 3.8) is 0 Å². The maximum absolute atomic E-state index is 13.2. The van der Waals surface area contributed by atoms with E-state index in [1.807, 2.05) is 6.92 Å². The Hall–Kier alpha value is -0.970. The number of nitrogens with two attached hydrogens (primary N) is 1. The Balaban J connectivity index is 2.28. The molecule has 1 fully saturated rings. The molecule has 1 heterocycles. The molecule has 0 radical (unpaired) electrons. The normalized spacial score (nSPS) is 22.3. The first-order valence-electron chi connectivity index (χ1n) is 5.52. The molecule has 1 saturated heterocycles. The molecule has 2 unspecified atom stereocenters. The van der Waals surface area contributed by atoms with Crippen molar-refractivity contribution in [3.8, 4) is 0 Å². The third-order valence-electron chi connectivity index (χ3n) is 3.19. The van der Waals surface area contributed by atoms with Crippen LogP contribution >= 0.6 is 0 Å². The monoisotopic (exact) mass is 224 g/mol. The molecule has 1 aromatic carbocycles. The molecule has 3 nitrogen and oxygen atoms in total. The van der Waals surface area contributed by atoms with Gasteiger partial charge < -0.3 is 4.74 Å². The number of benzene rings is 1. The summed E-state index contributed by atoms with van der Waals surface area (Å²) < 4.78 is 18.6. The van der Waals surface area contributed by atoms with Crippen LogP contribution in [0.15, 0.2) is 18.2 Å². The number of ether oxygens (including phenoxy) is 1. The molecule has 2 atom stereocenters. The molecule has 3 N–H and O–H groups in total. The van der Waals surface area contributed by atoms with Crippen LogP contribution < -0.4 is 11.3 Å². The van der Waals surface area contributed by atoms with Gasteiger partial charge in [-0.1, -0.05) is 6.07 Å². The van der Waals surface area contributed by atoms with E-state index >= 15 is 0 Å². The fraction of sp³-hybridized carbons (Fsp3) is 0.500. The summed E-state index contributed by atoms with van der Waals surface area (Å²) >= 11 is 0. The minimum Gasteiger partial charge on any atom is -0.381 e. The van der Waals surface area contributed by atoms with Gasteiger partial charge >= 0.3 is 0 Å². The van der Waals surface area contributed by atoms with E-state index in [0.717, 1.165) is 24.2 Å². The summed E-state index contributed by atoms with van der Waals surface area (Å²) in [6, 6.07) is 4.78. The lowest BCUT2D eigenvalue weighted by Gasteiger charge is -2.23. The first-order valence-corrected chi connectivity index (χ1v) is 5.52. The molecule has 1 aliphatic heterocycles. The van der Waals surface area contributed by atoms with Crippen LogP contribution in [0.1, 0.15) is 23.6 Å². The van der Waals surface area contributed by atoms with Gasteiger partial charge in [0.05, 0.1) is 12.6 Å². The van der Waals surface area contributed by atoms with Crippen molar-refractivity contribution in [2.75, 3.05) is 13.2 Å². The first-order chi connectivity index (χ1) is 7.72. The van der Waals surface area contributed by atoms with Crippen LogP contribution in [-0.2, 0) is 4.74 Å². The quantitative estimate of drug-likeness (QED) is 0.606. The average molecular weight is 224 g/mol. The predicted octanol–water partition coefficient (Wildman–Crippen LogP) is 1.68. The van der Waals surface area contributed by atoms with Gasteiger partial charge in [-0.05, 0) is 36.6 Å². The lowest BCUT2D eigenvalue weighted by molar-refractivity contribution is 0.176. The molecule has 0 aliphatic carbocycles. The van der Waals surface area contributed by atoms with Crippen molar-refractivity contribution in [3.05, 3.63) is 35.1 Å². The molecule has 88 valence electrons. The van der Waals surface area contributed by atoms with Gasteiger partial charge in [-0.25, -0.2) is 4.39 Å². The molecule has 4 heteroatoms. The van der Waals surface area contributed by atoms with Crippen LogP contribution in [0.4, 0.5) is 4.39 Å². The molecule has 0 bridgehead atoms. The van der Waals surface area contributed by atoms with Crippen LogP contribution in [0.5, 0.6) is 0 Å². The van der Waals surface area contributed by atoms with Crippen molar-refractivity contribution < 1.29 is 9.13 Å². The standard InChI is InChI=1S/C12H17FN2O/c1-8-2-3-10(13)6-11(8)12(15-14)9-4-5-16-7-9/h2-3,6,9,12,15H,4-5,7,14H2,1H3. The van der Waals surface area contributed by atoms with Crippen LogP contribution in [-0.4, -0.2) is 13.2 Å². The summed E-state index contributed by atoms with van der Waals surface area (Å²) in [5.74, 6) is 5.68. The van der Waals surface area contributed by atoms with E-state index in [1.165, 1.54) is 6.07 Å². The van der Waals surface area contributed by atoms with Gasteiger partial charge in [0.1, 0.15) is 5.82 Å². The van der Waals surface area contributed by atoms with Crippen molar-refractivity contribution in [2.24, 2.45) is 11.8 Å². The van der Waals surface area contributed by atoms with E-state index in [4.69, 9.17) is 10.6 Å². The number of nitrogens with one attached hydrogen (secondary N) is 1. The smallest absolute Gasteiger partial charge is 0.123 e. The molecule has 0 saturated carbocycles. The summed E-state index contributed by atoms with van der Waals surface area (Å²) in [6.45, 7) is 3.41. The molecule has 0 amide bonds. The fourth-order valence-electron chi connectivity index (χ4n) is 2.24. The van der Waals surface area contributed by atoms with E-state index in [9.17, 15) is 4.39 Å². The topological polar surface area (TPSA) is 47.3 Å². The highest BCUT2D eigenvalue weighted by atomic mass is 19.1. The lowest BCUT2D eigenvalue weighted by Crippen LogP contribution is -2.34. The van der Waals surface area contributed by atoms with E-state index in [0.29, 0.717) is 12.5 Å². The van der Waals surface area contributed by atoms with E-state index < -0.39 is 0 Å². The summed E-state index contributed by atoms with van der Waals surface area (Å²) in [4.78, 5) is 0. The zero-order chi connectivity index (χ0) is 11.5. The third kappa shape index (κ3) is 2.24. The predicted molar refractivity (Wildman–Crippen MR) is 60.1 cm³/mol. The molecule has 16 heavy (non-hydrogen) atoms. The van der Waals surface area contributed by atoms with Gasteiger partial charge in [0.25, 0.3) is 0 Å². The molecule has 0 aromatic heterocycles. The second-order valence-electron chi connectivity index (χ2n) is 4.27. The van der Waals surface area contributed by atoms with Gasteiger partial charge in [0.2, 0.25) is 0 Å². The van der Waals surface area contributed by atoms with Gasteiger partial charge in [0, 0.05) is 12.5 Å². The average Bonchev–Trinajstić information content (AvgIpc) is 2.78. The molecule has 0 spiro atoms. The molecular formula is C12H17FN2O. The largest absolute Gasteiger partial charge is 0.381 e. The lowest BCUT2D eigenvalue weighted by atomic mass is 9.90. The van der Waals surface area contributed by atoms with Crippen molar-refractivity contribution in [1.82, 2.24) is 5.43 Å². The highest BCUT2D eigenvalue weighted by Gasteiger charge is 2.27. The number of rotatable bonds is 3. The summed E-state index contributed by atoms with van der Waals surface area (Å²) in [5.41, 5.74) is 4.76. The zero-order valence-electron chi connectivity index (χ0n) is 9.37. The summed E-state index contributed by atoms with van der Waals surface area (Å²) in [6.07, 6.45) is 0.963. The van der Waals surface area contributed by atoms with Gasteiger partial charge in [-0.3, -0.25) is 11.3 Å². The minimum atomic E-state index is -0.222. The van der Waals surface area contributed by atoms with E-state index in [2.05, 4.69) is 5.43 Å². The Morgan fingerprint density at radius 1 is 1.56 bits per heavy atom. The Morgan fingerprint density at radius 3 is 3.00 bits per heavy atom. The molecular weight excluding hydrogens is 207 g/mol. The fourth-order valence-corrected chi connectivity index (χ4v) is 2.24. The number of hydrogen-bond donors (Lipinski definition) is 2. The molecule has 1 aromatic rings. The zero-order valence-corrected chi connectivity index (χ0v) is 9.37. The van der Waals surface area contributed by atoms with Crippen LogP contribution in [0.3, 0.4) is 0 Å². The maximum Gasteiger partial charge on any atom is 0.123 e. The summed E-state index contributed by atoms with van der Waals surface area (Å²) in [5, 5.41) is 0. The van der Waals surface area contributed by atoms with Crippen LogP contribution in [0, 0.1) is 18.7 Å². The van der Waals surface area contributed by atoms with E-state index in [-0.39, 0.29) is 11.9 Å². The van der Waals surface area contributed by atoms with Gasteiger partial charge in [0.15, 0.2) is 0 Å².